The summed E-state index contributed by atoms with van der Waals surface area (Å²) < 4.78 is 35.6. The molecular formula is C10H13F3N4OS. The van der Waals surface area contributed by atoms with Crippen molar-refractivity contribution in [3.8, 4) is 0 Å². The minimum Gasteiger partial charge on any atom is -0.368 e. The molecule has 0 aliphatic rings. The van der Waals surface area contributed by atoms with Gasteiger partial charge in [0.05, 0.1) is 0 Å². The van der Waals surface area contributed by atoms with Gasteiger partial charge >= 0.3 is 5.51 Å². The summed E-state index contributed by atoms with van der Waals surface area (Å²) in [5, 5.41) is 10.1. The van der Waals surface area contributed by atoms with Crippen molar-refractivity contribution in [2.75, 3.05) is 31.7 Å². The molecule has 0 atom stereocenters. The normalized spacial score (nSPS) is 11.2. The average Bonchev–Trinajstić information content (AvgIpc) is 2.33. The molecule has 1 aromatic rings. The van der Waals surface area contributed by atoms with Gasteiger partial charge in [-0.3, -0.25) is 4.79 Å². The first-order valence-corrected chi connectivity index (χ1v) is 6.28. The number of rotatable bonds is 5. The molecule has 9 heteroatoms. The fourth-order valence-electron chi connectivity index (χ4n) is 1.12. The van der Waals surface area contributed by atoms with E-state index >= 15 is 0 Å². The van der Waals surface area contributed by atoms with E-state index < -0.39 is 5.51 Å². The van der Waals surface area contributed by atoms with Crippen LogP contribution in [0.5, 0.6) is 0 Å². The molecule has 1 amide bonds. The maximum Gasteiger partial charge on any atom is 0.441 e. The Hall–Kier alpha value is -1.51. The first kappa shape index (κ1) is 15.5. The van der Waals surface area contributed by atoms with E-state index in [0.717, 1.165) is 0 Å². The van der Waals surface area contributed by atoms with Gasteiger partial charge < -0.3 is 10.2 Å². The number of carbonyl (C=O) groups excluding carboxylic acids is 1. The molecule has 0 radical (unpaired) electrons. The molecule has 0 spiro atoms. The molecule has 0 saturated carbocycles. The van der Waals surface area contributed by atoms with E-state index in [1.165, 1.54) is 17.0 Å². The predicted octanol–water partition coefficient (Wildman–Crippen LogP) is 1.84. The van der Waals surface area contributed by atoms with Crippen LogP contribution in [-0.4, -0.2) is 52.9 Å². The molecule has 0 aliphatic carbocycles. The molecule has 1 heterocycles. The standard InChI is InChI=1S/C10H13F3N4OS/c1-17(2)9(18)7-3-4-8(16-15-7)14-5-6-19-10(11,12)13/h3-4H,5-6H2,1-2H3,(H,14,16). The second-order valence-electron chi connectivity index (χ2n) is 3.72. The zero-order valence-electron chi connectivity index (χ0n) is 10.4. The SMILES string of the molecule is CN(C)C(=O)c1ccc(NCCSC(F)(F)F)nn1. The highest BCUT2D eigenvalue weighted by Gasteiger charge is 2.27. The highest BCUT2D eigenvalue weighted by Crippen LogP contribution is 2.29. The Labute approximate surface area is 112 Å². The summed E-state index contributed by atoms with van der Waals surface area (Å²) in [7, 11) is 3.18. The minimum atomic E-state index is -4.23. The summed E-state index contributed by atoms with van der Waals surface area (Å²) in [6, 6.07) is 2.97. The minimum absolute atomic E-state index is 0.107. The van der Waals surface area contributed by atoms with E-state index in [2.05, 4.69) is 15.5 Å². The summed E-state index contributed by atoms with van der Waals surface area (Å²) in [4.78, 5) is 12.9. The van der Waals surface area contributed by atoms with Gasteiger partial charge in [0.15, 0.2) is 5.69 Å². The Bertz CT molecular complexity index is 422. The number of nitrogens with one attached hydrogen (secondary N) is 1. The molecule has 1 N–H and O–H groups in total. The molecule has 0 fully saturated rings. The number of aromatic nitrogens is 2. The van der Waals surface area contributed by atoms with E-state index in [-0.39, 0.29) is 35.7 Å². The van der Waals surface area contributed by atoms with Gasteiger partial charge in [-0.15, -0.1) is 10.2 Å². The quantitative estimate of drug-likeness (QED) is 0.840. The zero-order valence-corrected chi connectivity index (χ0v) is 11.2. The number of amides is 1. The molecule has 1 rings (SSSR count). The van der Waals surface area contributed by atoms with Crippen molar-refractivity contribution >= 4 is 23.5 Å². The van der Waals surface area contributed by atoms with E-state index in [1.54, 1.807) is 14.1 Å². The van der Waals surface area contributed by atoms with Gasteiger partial charge in [-0.25, -0.2) is 0 Å². The van der Waals surface area contributed by atoms with Crippen LogP contribution in [0, 0.1) is 0 Å². The van der Waals surface area contributed by atoms with Crippen LogP contribution >= 0.6 is 11.8 Å². The van der Waals surface area contributed by atoms with Crippen LogP contribution in [0.2, 0.25) is 0 Å². The lowest BCUT2D eigenvalue weighted by Gasteiger charge is -2.09. The second kappa shape index (κ2) is 6.60. The fourth-order valence-corrected chi connectivity index (χ4v) is 1.55. The maximum atomic E-state index is 11.9. The van der Waals surface area contributed by atoms with Crippen LogP contribution in [0.4, 0.5) is 19.0 Å². The molecule has 0 bridgehead atoms. The topological polar surface area (TPSA) is 58.1 Å². The molecule has 1 aromatic heterocycles. The molecule has 0 aliphatic heterocycles. The Kier molecular flexibility index (Phi) is 5.40. The molecule has 0 saturated heterocycles. The molecule has 19 heavy (non-hydrogen) atoms. The number of nitrogens with zero attached hydrogens (tertiary/aromatic N) is 3. The van der Waals surface area contributed by atoms with Crippen LogP contribution < -0.4 is 5.32 Å². The Morgan fingerprint density at radius 1 is 1.37 bits per heavy atom. The van der Waals surface area contributed by atoms with E-state index in [1.807, 2.05) is 0 Å². The predicted molar refractivity (Wildman–Crippen MR) is 67.1 cm³/mol. The lowest BCUT2D eigenvalue weighted by atomic mass is 10.3. The second-order valence-corrected chi connectivity index (χ2v) is 4.88. The van der Waals surface area contributed by atoms with Gasteiger partial charge in [0.2, 0.25) is 0 Å². The molecule has 5 nitrogen and oxygen atoms in total. The molecule has 0 unspecified atom stereocenters. The Morgan fingerprint density at radius 2 is 2.05 bits per heavy atom. The van der Waals surface area contributed by atoms with E-state index in [0.29, 0.717) is 5.82 Å². The van der Waals surface area contributed by atoms with Crippen LogP contribution in [0.15, 0.2) is 12.1 Å². The van der Waals surface area contributed by atoms with Crippen LogP contribution in [-0.2, 0) is 0 Å². The highest BCUT2D eigenvalue weighted by molar-refractivity contribution is 8.00. The number of anilines is 1. The van der Waals surface area contributed by atoms with Gasteiger partial charge in [0.25, 0.3) is 5.91 Å². The molecular weight excluding hydrogens is 281 g/mol. The number of thioether (sulfide) groups is 1. The largest absolute Gasteiger partial charge is 0.441 e. The fraction of sp³-hybridized carbons (Fsp3) is 0.500. The van der Waals surface area contributed by atoms with Crippen molar-refractivity contribution in [2.24, 2.45) is 0 Å². The summed E-state index contributed by atoms with van der Waals surface area (Å²) >= 11 is -0.107. The summed E-state index contributed by atoms with van der Waals surface area (Å²) in [5.74, 6) is -0.0754. The number of hydrogen-bond acceptors (Lipinski definition) is 5. The summed E-state index contributed by atoms with van der Waals surface area (Å²) in [5.41, 5.74) is -4.05. The van der Waals surface area contributed by atoms with Gasteiger partial charge in [0, 0.05) is 26.4 Å². The average molecular weight is 294 g/mol. The lowest BCUT2D eigenvalue weighted by molar-refractivity contribution is -0.0327. The van der Waals surface area contributed by atoms with Crippen molar-refractivity contribution in [1.29, 1.82) is 0 Å². The van der Waals surface area contributed by atoms with Crippen molar-refractivity contribution in [3.63, 3.8) is 0 Å². The van der Waals surface area contributed by atoms with Crippen LogP contribution in [0.25, 0.3) is 0 Å². The first-order chi connectivity index (χ1) is 8.79. The van der Waals surface area contributed by atoms with E-state index in [9.17, 15) is 18.0 Å². The third-order valence-electron chi connectivity index (χ3n) is 1.96. The Balaban J connectivity index is 2.43. The van der Waals surface area contributed by atoms with Crippen molar-refractivity contribution < 1.29 is 18.0 Å². The van der Waals surface area contributed by atoms with Gasteiger partial charge in [-0.2, -0.15) is 13.2 Å². The monoisotopic (exact) mass is 294 g/mol. The third kappa shape index (κ3) is 5.77. The zero-order chi connectivity index (χ0) is 14.5. The Morgan fingerprint density at radius 3 is 2.53 bits per heavy atom. The van der Waals surface area contributed by atoms with Gasteiger partial charge in [0.1, 0.15) is 5.82 Å². The number of halogens is 3. The smallest absolute Gasteiger partial charge is 0.368 e. The van der Waals surface area contributed by atoms with Crippen molar-refractivity contribution in [3.05, 3.63) is 17.8 Å². The first-order valence-electron chi connectivity index (χ1n) is 5.29. The van der Waals surface area contributed by atoms with Crippen LogP contribution in [0.3, 0.4) is 0 Å². The summed E-state index contributed by atoms with van der Waals surface area (Å²) in [6.07, 6.45) is 0. The van der Waals surface area contributed by atoms with Crippen LogP contribution in [0.1, 0.15) is 10.5 Å². The van der Waals surface area contributed by atoms with E-state index in [4.69, 9.17) is 0 Å². The molecule has 0 aromatic carbocycles. The number of alkyl halides is 3. The lowest BCUT2D eigenvalue weighted by Crippen LogP contribution is -2.23. The van der Waals surface area contributed by atoms with Crippen molar-refractivity contribution in [1.82, 2.24) is 15.1 Å². The van der Waals surface area contributed by atoms with Gasteiger partial charge in [-0.1, -0.05) is 0 Å². The maximum absolute atomic E-state index is 11.9. The van der Waals surface area contributed by atoms with Crippen molar-refractivity contribution in [2.45, 2.75) is 5.51 Å². The number of carbonyl (C=O) groups is 1. The van der Waals surface area contributed by atoms with Gasteiger partial charge in [-0.05, 0) is 23.9 Å². The number of hydrogen-bond donors (Lipinski definition) is 1. The highest BCUT2D eigenvalue weighted by atomic mass is 32.2. The third-order valence-corrected chi connectivity index (χ3v) is 2.70. The summed E-state index contributed by atoms with van der Waals surface area (Å²) in [6.45, 7) is 0.111. The molecule has 106 valence electrons.